The van der Waals surface area contributed by atoms with E-state index in [1.54, 1.807) is 31.2 Å². The van der Waals surface area contributed by atoms with Crippen LogP contribution >= 0.6 is 31.9 Å². The van der Waals surface area contributed by atoms with Crippen LogP contribution in [0.4, 0.5) is 5.69 Å². The topological polar surface area (TPSA) is 100 Å². The Morgan fingerprint density at radius 2 is 1.91 bits per heavy atom. The number of benzene rings is 3. The first-order valence-corrected chi connectivity index (χ1v) is 11.9. The molecule has 8 nitrogen and oxygen atoms in total. The number of halogens is 2. The van der Waals surface area contributed by atoms with Crippen LogP contribution in [0.3, 0.4) is 0 Å². The van der Waals surface area contributed by atoms with Crippen molar-refractivity contribution in [2.75, 3.05) is 7.11 Å². The summed E-state index contributed by atoms with van der Waals surface area (Å²) >= 11 is 6.96. The Bertz CT molecular complexity index is 1400. The number of nitrogens with zero attached hydrogens (tertiary/aromatic N) is 2. The van der Waals surface area contributed by atoms with Crippen LogP contribution in [-0.4, -0.2) is 23.9 Å². The van der Waals surface area contributed by atoms with Crippen molar-refractivity contribution in [2.45, 2.75) is 13.5 Å². The van der Waals surface area contributed by atoms with Gasteiger partial charge in [-0.25, -0.2) is 9.79 Å². The minimum atomic E-state index is -0.657. The number of esters is 1. The second kappa shape index (κ2) is 10.4. The van der Waals surface area contributed by atoms with Crippen molar-refractivity contribution in [2.24, 2.45) is 4.99 Å². The predicted molar refractivity (Wildman–Crippen MR) is 138 cm³/mol. The fourth-order valence-corrected chi connectivity index (χ4v) is 4.50. The van der Waals surface area contributed by atoms with Gasteiger partial charge in [0.1, 0.15) is 6.61 Å². The van der Waals surface area contributed by atoms with Gasteiger partial charge in [0, 0.05) is 21.7 Å². The van der Waals surface area contributed by atoms with Crippen molar-refractivity contribution in [3.8, 4) is 11.5 Å². The van der Waals surface area contributed by atoms with E-state index in [1.165, 1.54) is 19.2 Å². The monoisotopic (exact) mass is 600 g/mol. The molecule has 3 aromatic carbocycles. The number of nitro groups is 1. The summed E-state index contributed by atoms with van der Waals surface area (Å²) in [4.78, 5) is 27.5. The molecule has 3 aromatic rings. The molecule has 35 heavy (non-hydrogen) atoms. The number of aliphatic imine (C=N–C) groups is 1. The molecule has 1 heterocycles. The van der Waals surface area contributed by atoms with Crippen LogP contribution in [-0.2, 0) is 16.1 Å². The molecule has 178 valence electrons. The molecule has 0 saturated heterocycles. The van der Waals surface area contributed by atoms with Crippen molar-refractivity contribution in [1.29, 1.82) is 0 Å². The number of carbonyl (C=O) groups excluding carboxylic acids is 1. The normalized spacial score (nSPS) is 14.0. The van der Waals surface area contributed by atoms with Crippen LogP contribution in [0.5, 0.6) is 11.5 Å². The van der Waals surface area contributed by atoms with Crippen LogP contribution in [0.1, 0.15) is 22.3 Å². The Hall–Kier alpha value is -3.50. The van der Waals surface area contributed by atoms with Crippen LogP contribution in [0.25, 0.3) is 6.08 Å². The van der Waals surface area contributed by atoms with Gasteiger partial charge in [-0.05, 0) is 70.4 Å². The number of cyclic esters (lactones) is 1. The predicted octanol–water partition coefficient (Wildman–Crippen LogP) is 6.36. The average Bonchev–Trinajstić information content (AvgIpc) is 3.17. The molecule has 1 aliphatic heterocycles. The quantitative estimate of drug-likeness (QED) is 0.135. The standard InChI is InChI=1S/C25H18Br2N2O6/c1-14-18(7-4-8-21(14)29(31)32)24-28-20(25(30)35-24)11-16-10-19(27)23(22(12-16)33-2)34-13-15-5-3-6-17(26)9-15/h3-12H,13H2,1-2H3/b20-11-. The second-order valence-electron chi connectivity index (χ2n) is 7.50. The van der Waals surface area contributed by atoms with E-state index in [4.69, 9.17) is 14.2 Å². The van der Waals surface area contributed by atoms with Gasteiger partial charge in [-0.15, -0.1) is 0 Å². The SMILES string of the molecule is COc1cc(/C=C2\N=C(c3cccc([N+](=O)[O-])c3C)OC2=O)cc(Br)c1OCc1cccc(Br)c1. The molecule has 0 N–H and O–H groups in total. The van der Waals surface area contributed by atoms with Gasteiger partial charge < -0.3 is 14.2 Å². The average molecular weight is 602 g/mol. The van der Waals surface area contributed by atoms with Crippen molar-refractivity contribution in [1.82, 2.24) is 0 Å². The molecule has 0 spiro atoms. The van der Waals surface area contributed by atoms with E-state index in [1.807, 2.05) is 24.3 Å². The Labute approximate surface area is 217 Å². The molecule has 0 atom stereocenters. The van der Waals surface area contributed by atoms with E-state index in [9.17, 15) is 14.9 Å². The number of hydrogen-bond acceptors (Lipinski definition) is 7. The highest BCUT2D eigenvalue weighted by Gasteiger charge is 2.27. The minimum Gasteiger partial charge on any atom is -0.493 e. The summed E-state index contributed by atoms with van der Waals surface area (Å²) in [6, 6.07) is 15.8. The molecule has 0 radical (unpaired) electrons. The third-order valence-electron chi connectivity index (χ3n) is 5.18. The zero-order valence-electron chi connectivity index (χ0n) is 18.6. The fraction of sp³-hybridized carbons (Fsp3) is 0.120. The molecule has 0 amide bonds. The number of carbonyl (C=O) groups is 1. The smallest absolute Gasteiger partial charge is 0.363 e. The molecule has 0 aromatic heterocycles. The summed E-state index contributed by atoms with van der Waals surface area (Å²) in [5, 5.41) is 11.2. The summed E-state index contributed by atoms with van der Waals surface area (Å²) in [6.07, 6.45) is 1.55. The van der Waals surface area contributed by atoms with Gasteiger partial charge in [0.15, 0.2) is 17.2 Å². The Kier molecular flexibility index (Phi) is 7.32. The zero-order valence-corrected chi connectivity index (χ0v) is 21.8. The molecular formula is C25H18Br2N2O6. The highest BCUT2D eigenvalue weighted by atomic mass is 79.9. The first-order chi connectivity index (χ1) is 16.8. The molecular weight excluding hydrogens is 584 g/mol. The van der Waals surface area contributed by atoms with Crippen LogP contribution in [0, 0.1) is 17.0 Å². The molecule has 0 bridgehead atoms. The Morgan fingerprint density at radius 3 is 2.63 bits per heavy atom. The lowest BCUT2D eigenvalue weighted by Gasteiger charge is -2.14. The van der Waals surface area contributed by atoms with Crippen LogP contribution < -0.4 is 9.47 Å². The van der Waals surface area contributed by atoms with Gasteiger partial charge >= 0.3 is 5.97 Å². The second-order valence-corrected chi connectivity index (χ2v) is 9.27. The lowest BCUT2D eigenvalue weighted by molar-refractivity contribution is -0.385. The highest BCUT2D eigenvalue weighted by molar-refractivity contribution is 9.10. The Balaban J connectivity index is 1.62. The van der Waals surface area contributed by atoms with Gasteiger partial charge in [0.05, 0.1) is 16.5 Å². The maximum atomic E-state index is 12.5. The van der Waals surface area contributed by atoms with Crippen molar-refractivity contribution in [3.05, 3.63) is 102 Å². The summed E-state index contributed by atoms with van der Waals surface area (Å²) < 4.78 is 18.4. The lowest BCUT2D eigenvalue weighted by atomic mass is 10.1. The lowest BCUT2D eigenvalue weighted by Crippen LogP contribution is -2.08. The van der Waals surface area contributed by atoms with Gasteiger partial charge in [-0.3, -0.25) is 10.1 Å². The van der Waals surface area contributed by atoms with Gasteiger partial charge in [0.25, 0.3) is 5.69 Å². The number of nitro benzene ring substituents is 1. The molecule has 0 aliphatic carbocycles. The third-order valence-corrected chi connectivity index (χ3v) is 6.26. The van der Waals surface area contributed by atoms with E-state index in [2.05, 4.69) is 36.9 Å². The summed E-state index contributed by atoms with van der Waals surface area (Å²) in [5.74, 6) is 0.338. The first-order valence-electron chi connectivity index (χ1n) is 10.3. The number of hydrogen-bond donors (Lipinski definition) is 0. The molecule has 0 fully saturated rings. The minimum absolute atomic E-state index is 0.0162. The number of rotatable bonds is 7. The fourth-order valence-electron chi connectivity index (χ4n) is 3.48. The van der Waals surface area contributed by atoms with E-state index in [0.717, 1.165) is 10.0 Å². The van der Waals surface area contributed by atoms with E-state index in [0.29, 0.717) is 39.3 Å². The van der Waals surface area contributed by atoms with Crippen LogP contribution in [0.2, 0.25) is 0 Å². The molecule has 10 heteroatoms. The summed E-state index contributed by atoms with van der Waals surface area (Å²) in [7, 11) is 1.52. The van der Waals surface area contributed by atoms with E-state index < -0.39 is 10.9 Å². The van der Waals surface area contributed by atoms with Gasteiger partial charge in [0.2, 0.25) is 5.90 Å². The first kappa shape index (κ1) is 24.6. The third kappa shape index (κ3) is 5.44. The zero-order chi connectivity index (χ0) is 25.1. The molecule has 0 saturated carbocycles. The number of ether oxygens (including phenoxy) is 3. The van der Waals surface area contributed by atoms with E-state index >= 15 is 0 Å². The largest absolute Gasteiger partial charge is 0.493 e. The van der Waals surface area contributed by atoms with Crippen molar-refractivity contribution in [3.63, 3.8) is 0 Å². The molecule has 4 rings (SSSR count). The summed E-state index contributed by atoms with van der Waals surface area (Å²) in [5.41, 5.74) is 2.32. The highest BCUT2D eigenvalue weighted by Crippen LogP contribution is 2.38. The molecule has 1 aliphatic rings. The number of methoxy groups -OCH3 is 1. The maximum absolute atomic E-state index is 12.5. The van der Waals surface area contributed by atoms with Gasteiger partial charge in [-0.2, -0.15) is 0 Å². The van der Waals surface area contributed by atoms with Crippen molar-refractivity contribution < 1.29 is 23.9 Å². The van der Waals surface area contributed by atoms with E-state index in [-0.39, 0.29) is 17.3 Å². The maximum Gasteiger partial charge on any atom is 0.363 e. The summed E-state index contributed by atoms with van der Waals surface area (Å²) in [6.45, 7) is 1.91. The van der Waals surface area contributed by atoms with Gasteiger partial charge in [-0.1, -0.05) is 34.1 Å². The van der Waals surface area contributed by atoms with Crippen molar-refractivity contribution >= 4 is 55.5 Å². The Morgan fingerprint density at radius 1 is 1.14 bits per heavy atom. The van der Waals surface area contributed by atoms with Crippen LogP contribution in [0.15, 0.2) is 74.2 Å². The molecule has 0 unspecified atom stereocenters.